The first-order valence-corrected chi connectivity index (χ1v) is 30.4. The quantitative estimate of drug-likeness (QED) is 0.0745. The minimum atomic E-state index is -0.885. The highest BCUT2D eigenvalue weighted by Gasteiger charge is 2.45. The summed E-state index contributed by atoms with van der Waals surface area (Å²) in [6.07, 6.45) is 4.41. The maximum absolute atomic E-state index is 17.2. The Kier molecular flexibility index (Phi) is 16.0. The van der Waals surface area contributed by atoms with E-state index in [-0.39, 0.29) is 97.4 Å². The van der Waals surface area contributed by atoms with Gasteiger partial charge in [-0.3, -0.25) is 19.5 Å². The number of aliphatic hydroxyl groups excluding tert-OH is 1. The zero-order chi connectivity index (χ0) is 57.8. The van der Waals surface area contributed by atoms with Gasteiger partial charge in [0.15, 0.2) is 11.6 Å². The normalized spacial score (nSPS) is 23.0. The fraction of sp³-hybridized carbons (Fsp3) is 0.475. The summed E-state index contributed by atoms with van der Waals surface area (Å²) in [5, 5.41) is 24.2. The zero-order valence-electron chi connectivity index (χ0n) is 47.5. The monoisotopic (exact) mass is 1160 g/mol. The van der Waals surface area contributed by atoms with E-state index in [1.807, 2.05) is 94.9 Å². The van der Waals surface area contributed by atoms with Gasteiger partial charge in [-0.05, 0) is 91.5 Å². The fourth-order valence-corrected chi connectivity index (χ4v) is 14.2. The maximum atomic E-state index is 17.2. The van der Waals surface area contributed by atoms with Crippen molar-refractivity contribution in [1.29, 1.82) is 0 Å². The molecule has 3 aromatic carbocycles. The first-order chi connectivity index (χ1) is 40.1. The number of likely N-dealkylation sites (N-methyl/N-ethyl adjacent to an activating group) is 1. The second kappa shape index (κ2) is 23.5. The molecule has 22 heteroatoms. The SMILES string of the molecule is CCc1cccc2cccc(-c3ncc4c(N5CC6CCC(C5)N6)nc(OC[C@@H]5CC[C@@H]([C@@H]([Si])OC(=O)N6CC(Oc7cc([C@H](C(=O)N8C[C@H](O)C[C@H]8C(=O)NC(C)c8ccc(-c9scnc9C)cc8)C(C)C)on7)C6)N5C)nc4c3F)c12. The van der Waals surface area contributed by atoms with Crippen molar-refractivity contribution in [2.24, 2.45) is 5.92 Å². The van der Waals surface area contributed by atoms with Gasteiger partial charge >= 0.3 is 12.1 Å². The average molecular weight is 1160 g/mol. The number of anilines is 1. The second-order valence-corrected chi connectivity index (χ2v) is 24.7. The number of thiazole rings is 1. The molecule has 9 atom stereocenters. The van der Waals surface area contributed by atoms with Crippen molar-refractivity contribution in [1.82, 2.24) is 50.4 Å². The lowest BCUT2D eigenvalue weighted by Gasteiger charge is -2.39. The minimum Gasteiger partial charge on any atom is -0.468 e. The molecule has 0 aliphatic carbocycles. The van der Waals surface area contributed by atoms with Gasteiger partial charge < -0.3 is 49.2 Å². The number of piperazine rings is 1. The van der Waals surface area contributed by atoms with E-state index in [2.05, 4.69) is 53.8 Å². The number of benzene rings is 3. The van der Waals surface area contributed by atoms with Gasteiger partial charge in [-0.15, -0.1) is 11.3 Å². The number of carbonyl (C=O) groups excluding carboxylic acids is 3. The van der Waals surface area contributed by atoms with Crippen molar-refractivity contribution in [3.8, 4) is 33.6 Å². The summed E-state index contributed by atoms with van der Waals surface area (Å²) in [5.74, 6) is -1.25. The van der Waals surface area contributed by atoms with Gasteiger partial charge in [0.05, 0.1) is 62.7 Å². The van der Waals surface area contributed by atoms with Crippen molar-refractivity contribution in [3.63, 3.8) is 0 Å². The first-order valence-electron chi connectivity index (χ1n) is 28.9. The van der Waals surface area contributed by atoms with Crippen molar-refractivity contribution >= 4 is 67.0 Å². The summed E-state index contributed by atoms with van der Waals surface area (Å²) in [6, 6.07) is 20.8. The van der Waals surface area contributed by atoms with Crippen molar-refractivity contribution in [2.75, 3.05) is 51.3 Å². The van der Waals surface area contributed by atoms with Crippen LogP contribution in [-0.2, 0) is 20.7 Å². The van der Waals surface area contributed by atoms with Crippen LogP contribution in [0.2, 0.25) is 0 Å². The highest BCUT2D eigenvalue weighted by atomic mass is 32.1. The molecule has 5 aliphatic rings. The lowest BCUT2D eigenvalue weighted by molar-refractivity contribution is -0.141. The highest BCUT2D eigenvalue weighted by Crippen LogP contribution is 2.39. The average Bonchev–Trinajstić information content (AvgIpc) is 4.43. The predicted molar refractivity (Wildman–Crippen MR) is 313 cm³/mol. The Bertz CT molecular complexity index is 3530. The number of halogens is 1. The number of aliphatic hydroxyl groups is 1. The number of likely N-dealkylation sites (tertiary alicyclic amines) is 3. The Labute approximate surface area is 488 Å². The number of rotatable bonds is 17. The van der Waals surface area contributed by atoms with Gasteiger partial charge in [-0.2, -0.15) is 9.97 Å². The molecular formula is C61H69FN11O8SSi. The number of hydrogen-bond acceptors (Lipinski definition) is 17. The largest absolute Gasteiger partial charge is 0.468 e. The molecule has 9 heterocycles. The molecule has 0 saturated carbocycles. The van der Waals surface area contributed by atoms with Crippen LogP contribution >= 0.6 is 11.3 Å². The number of nitrogens with zero attached hydrogens (tertiary/aromatic N) is 9. The van der Waals surface area contributed by atoms with Gasteiger partial charge in [0.1, 0.15) is 41.7 Å². The van der Waals surface area contributed by atoms with Crippen LogP contribution in [0.3, 0.4) is 0 Å². The zero-order valence-corrected chi connectivity index (χ0v) is 49.3. The van der Waals surface area contributed by atoms with Crippen molar-refractivity contribution in [2.45, 2.75) is 133 Å². The summed E-state index contributed by atoms with van der Waals surface area (Å²) in [5.41, 5.74) is 6.32. The Morgan fingerprint density at radius 1 is 0.964 bits per heavy atom. The van der Waals surface area contributed by atoms with E-state index in [1.165, 1.54) is 4.90 Å². The second-order valence-electron chi connectivity index (χ2n) is 23.3. The van der Waals surface area contributed by atoms with Gasteiger partial charge in [-0.1, -0.05) is 81.4 Å². The Morgan fingerprint density at radius 2 is 1.72 bits per heavy atom. The highest BCUT2D eigenvalue weighted by molar-refractivity contribution is 7.13. The standard InChI is InChI=1S/C61H69FN11O8SSi/c1-7-35-10-8-11-37-12-9-13-44(51(35)37)53-52(62)54-45(24-63-53)56(71-25-39-18-19-40(26-71)66-39)68-60(67-54)78-30-41-20-21-46(70(41)6)59(83)80-61(77)72-28-43(29-72)79-49-23-48(81-69-49)50(32(2)3)58(76)73-27-42(74)22-47(73)57(75)65-33(4)36-14-16-38(17-15-36)55-34(5)64-31-82-55/h8-17,23-24,31-33,39-43,46-47,50,59,66,74H,7,18-22,25-30H2,1-6H3,(H,65,75)/t33?,39?,40?,41-,42+,46-,47-,50+,59+/m0/s1. The molecule has 5 aliphatic heterocycles. The molecule has 3 N–H and O–H groups in total. The Morgan fingerprint density at radius 3 is 2.45 bits per heavy atom. The number of ether oxygens (including phenoxy) is 3. The predicted octanol–water partition coefficient (Wildman–Crippen LogP) is 7.72. The molecule has 83 heavy (non-hydrogen) atoms. The molecular weight excluding hydrogens is 1090 g/mol. The van der Waals surface area contributed by atoms with Crippen LogP contribution in [-0.4, -0.2) is 168 Å². The molecule has 5 fully saturated rings. The molecule has 433 valence electrons. The van der Waals surface area contributed by atoms with Gasteiger partial charge in [-0.25, -0.2) is 14.2 Å². The van der Waals surface area contributed by atoms with Crippen LogP contribution in [0.4, 0.5) is 15.0 Å². The summed E-state index contributed by atoms with van der Waals surface area (Å²) < 4.78 is 41.4. The third-order valence-corrected chi connectivity index (χ3v) is 18.9. The Balaban J connectivity index is 0.646. The van der Waals surface area contributed by atoms with Gasteiger partial charge in [0.25, 0.3) is 5.88 Å². The van der Waals surface area contributed by atoms with Crippen LogP contribution in [0.25, 0.3) is 43.4 Å². The number of aryl methyl sites for hydroxylation is 2. The number of fused-ring (bicyclic) bond motifs is 4. The van der Waals surface area contributed by atoms with Crippen molar-refractivity contribution in [3.05, 3.63) is 107 Å². The number of aromatic nitrogens is 5. The molecule has 3 radical (unpaired) electrons. The third kappa shape index (κ3) is 11.3. The first kappa shape index (κ1) is 56.4. The smallest absolute Gasteiger partial charge is 0.409 e. The van der Waals surface area contributed by atoms with Crippen molar-refractivity contribution < 1.29 is 42.6 Å². The molecule has 12 rings (SSSR count). The van der Waals surface area contributed by atoms with E-state index in [0.717, 1.165) is 76.8 Å². The van der Waals surface area contributed by atoms with E-state index in [4.69, 9.17) is 33.7 Å². The van der Waals surface area contributed by atoms with E-state index < -0.39 is 41.8 Å². The number of amides is 3. The van der Waals surface area contributed by atoms with E-state index >= 15 is 4.39 Å². The van der Waals surface area contributed by atoms with Crippen LogP contribution in [0.1, 0.15) is 94.3 Å². The van der Waals surface area contributed by atoms with Crippen LogP contribution in [0, 0.1) is 18.7 Å². The molecule has 4 aromatic heterocycles. The number of pyridine rings is 1. The molecule has 3 unspecified atom stereocenters. The maximum Gasteiger partial charge on any atom is 0.409 e. The van der Waals surface area contributed by atoms with Crippen LogP contribution in [0.5, 0.6) is 11.9 Å². The molecule has 7 aromatic rings. The fourth-order valence-electron chi connectivity index (χ4n) is 12.9. The summed E-state index contributed by atoms with van der Waals surface area (Å²) in [6.45, 7) is 11.9. The number of β-amino-alcohol motifs (C(OH)–C–C–N with tert-alkyl or cyclic N) is 1. The molecule has 5 saturated heterocycles. The number of nitrogens with one attached hydrogen (secondary N) is 2. The van der Waals surface area contributed by atoms with Gasteiger partial charge in [0.2, 0.25) is 11.8 Å². The van der Waals surface area contributed by atoms with E-state index in [9.17, 15) is 19.5 Å². The van der Waals surface area contributed by atoms with Crippen LogP contribution < -0.4 is 25.0 Å². The number of hydrogen-bond donors (Lipinski definition) is 3. The summed E-state index contributed by atoms with van der Waals surface area (Å²) in [4.78, 5) is 68.9. The van der Waals surface area contributed by atoms with Crippen LogP contribution in [0.15, 0.2) is 83.0 Å². The third-order valence-electron chi connectivity index (χ3n) is 17.4. The minimum absolute atomic E-state index is 0.00106. The topological polar surface area (TPSA) is 214 Å². The summed E-state index contributed by atoms with van der Waals surface area (Å²) >= 11 is 1.58. The Hall–Kier alpha value is -7.11. The molecule has 19 nitrogen and oxygen atoms in total. The lowest BCUT2D eigenvalue weighted by atomic mass is 9.91. The van der Waals surface area contributed by atoms with E-state index in [1.54, 1.807) is 28.5 Å². The number of carbonyl (C=O) groups is 3. The van der Waals surface area contributed by atoms with E-state index in [0.29, 0.717) is 35.3 Å². The molecule has 0 spiro atoms. The lowest BCUT2D eigenvalue weighted by Crippen LogP contribution is -2.57. The molecule has 2 bridgehead atoms. The van der Waals surface area contributed by atoms with Gasteiger partial charge in [0, 0.05) is 68.0 Å². The molecule has 3 amide bonds. The summed E-state index contributed by atoms with van der Waals surface area (Å²) in [7, 11) is 5.70.